The molecule has 128 valence electrons. The van der Waals surface area contributed by atoms with Crippen LogP contribution in [-0.4, -0.2) is 26.9 Å². The number of benzene rings is 1. The van der Waals surface area contributed by atoms with Gasteiger partial charge in [0.15, 0.2) is 0 Å². The highest BCUT2D eigenvalue weighted by Crippen LogP contribution is 2.21. The van der Waals surface area contributed by atoms with Crippen LogP contribution < -0.4 is 5.43 Å². The van der Waals surface area contributed by atoms with Crippen molar-refractivity contribution >= 4 is 35.1 Å². The van der Waals surface area contributed by atoms with Gasteiger partial charge in [-0.3, -0.25) is 4.79 Å². The Kier molecular flexibility index (Phi) is 5.25. The zero-order valence-corrected chi connectivity index (χ0v) is 15.3. The van der Waals surface area contributed by atoms with Crippen LogP contribution in [0.4, 0.5) is 0 Å². The van der Waals surface area contributed by atoms with Gasteiger partial charge in [-0.25, -0.2) is 15.1 Å². The molecular formula is C17H16ClN5OS. The van der Waals surface area contributed by atoms with Crippen LogP contribution >= 0.6 is 22.9 Å². The van der Waals surface area contributed by atoms with Crippen molar-refractivity contribution in [1.82, 2.24) is 20.2 Å². The standard InChI is InChI=1S/C17H16ClN5OS/c1-11-15(17(18)23(22-11)14-6-4-3-5-7-14)9-19-21-16(24)8-13-10-25-12(2)20-13/h3-7,9-10H,8H2,1-2H3,(H,21,24)/b19-9-. The van der Waals surface area contributed by atoms with Crippen LogP contribution in [0.25, 0.3) is 5.69 Å². The number of nitrogens with one attached hydrogen (secondary N) is 1. The van der Waals surface area contributed by atoms with Gasteiger partial charge in [-0.1, -0.05) is 29.8 Å². The maximum Gasteiger partial charge on any atom is 0.246 e. The molecule has 3 rings (SSSR count). The van der Waals surface area contributed by atoms with E-state index >= 15 is 0 Å². The van der Waals surface area contributed by atoms with Gasteiger partial charge < -0.3 is 0 Å². The van der Waals surface area contributed by atoms with Crippen LogP contribution in [0.15, 0.2) is 40.8 Å². The maximum absolute atomic E-state index is 11.9. The number of nitrogens with zero attached hydrogens (tertiary/aromatic N) is 4. The lowest BCUT2D eigenvalue weighted by Gasteiger charge is -2.01. The molecule has 0 aliphatic rings. The van der Waals surface area contributed by atoms with Gasteiger partial charge in [0, 0.05) is 5.38 Å². The summed E-state index contributed by atoms with van der Waals surface area (Å²) in [6.07, 6.45) is 1.70. The molecule has 1 N–H and O–H groups in total. The molecule has 0 atom stereocenters. The van der Waals surface area contributed by atoms with E-state index in [4.69, 9.17) is 11.6 Å². The molecule has 8 heteroatoms. The molecule has 25 heavy (non-hydrogen) atoms. The number of amides is 1. The minimum atomic E-state index is -0.231. The van der Waals surface area contributed by atoms with E-state index in [-0.39, 0.29) is 12.3 Å². The lowest BCUT2D eigenvalue weighted by molar-refractivity contribution is -0.120. The number of thiazole rings is 1. The Morgan fingerprint density at radius 3 is 2.80 bits per heavy atom. The van der Waals surface area contributed by atoms with Gasteiger partial charge >= 0.3 is 0 Å². The van der Waals surface area contributed by atoms with E-state index in [0.717, 1.165) is 22.1 Å². The third-order valence-electron chi connectivity index (χ3n) is 3.44. The zero-order chi connectivity index (χ0) is 17.8. The lowest BCUT2D eigenvalue weighted by atomic mass is 10.3. The van der Waals surface area contributed by atoms with Crippen molar-refractivity contribution in [2.24, 2.45) is 5.10 Å². The Hall–Kier alpha value is -2.51. The van der Waals surface area contributed by atoms with E-state index < -0.39 is 0 Å². The highest BCUT2D eigenvalue weighted by Gasteiger charge is 2.13. The van der Waals surface area contributed by atoms with Crippen molar-refractivity contribution in [2.45, 2.75) is 20.3 Å². The topological polar surface area (TPSA) is 72.2 Å². The fourth-order valence-electron chi connectivity index (χ4n) is 2.26. The molecular weight excluding hydrogens is 358 g/mol. The molecule has 0 aliphatic carbocycles. The van der Waals surface area contributed by atoms with Crippen molar-refractivity contribution in [2.75, 3.05) is 0 Å². The Bertz CT molecular complexity index is 917. The predicted octanol–water partition coefficient (Wildman–Crippen LogP) is 3.29. The molecule has 0 bridgehead atoms. The molecule has 0 saturated heterocycles. The maximum atomic E-state index is 11.9. The summed E-state index contributed by atoms with van der Waals surface area (Å²) in [6, 6.07) is 9.58. The number of hydrogen-bond acceptors (Lipinski definition) is 5. The van der Waals surface area contributed by atoms with Crippen LogP contribution in [0.3, 0.4) is 0 Å². The minimum Gasteiger partial charge on any atom is -0.273 e. The molecule has 0 fully saturated rings. The second-order valence-corrected chi connectivity index (χ2v) is 6.79. The fourth-order valence-corrected chi connectivity index (χ4v) is 3.19. The average Bonchev–Trinajstić information content (AvgIpc) is 3.13. The first-order valence-corrected chi connectivity index (χ1v) is 8.84. The number of halogens is 1. The third kappa shape index (κ3) is 4.12. The Morgan fingerprint density at radius 1 is 1.36 bits per heavy atom. The van der Waals surface area contributed by atoms with Crippen molar-refractivity contribution in [3.63, 3.8) is 0 Å². The van der Waals surface area contributed by atoms with E-state index in [0.29, 0.717) is 10.7 Å². The van der Waals surface area contributed by atoms with Gasteiger partial charge in [0.2, 0.25) is 5.91 Å². The minimum absolute atomic E-state index is 0.192. The Balaban J connectivity index is 1.69. The summed E-state index contributed by atoms with van der Waals surface area (Å²) in [4.78, 5) is 16.1. The van der Waals surface area contributed by atoms with E-state index in [1.54, 1.807) is 4.68 Å². The van der Waals surface area contributed by atoms with E-state index in [9.17, 15) is 4.79 Å². The summed E-state index contributed by atoms with van der Waals surface area (Å²) in [5, 5.41) is 11.6. The van der Waals surface area contributed by atoms with Gasteiger partial charge in [0.05, 0.1) is 40.3 Å². The largest absolute Gasteiger partial charge is 0.273 e. The first-order valence-electron chi connectivity index (χ1n) is 7.58. The number of rotatable bonds is 5. The molecule has 1 aromatic carbocycles. The number of carbonyl (C=O) groups excluding carboxylic acids is 1. The number of aryl methyl sites for hydroxylation is 2. The lowest BCUT2D eigenvalue weighted by Crippen LogP contribution is -2.20. The number of hydrogen-bond donors (Lipinski definition) is 1. The van der Waals surface area contributed by atoms with Crippen molar-refractivity contribution in [1.29, 1.82) is 0 Å². The van der Waals surface area contributed by atoms with Gasteiger partial charge in [-0.15, -0.1) is 11.3 Å². The second kappa shape index (κ2) is 7.58. The van der Waals surface area contributed by atoms with Crippen molar-refractivity contribution in [3.8, 4) is 5.69 Å². The van der Waals surface area contributed by atoms with E-state index in [2.05, 4.69) is 20.6 Å². The molecule has 2 aromatic heterocycles. The average molecular weight is 374 g/mol. The summed E-state index contributed by atoms with van der Waals surface area (Å²) in [5.41, 5.74) is 5.47. The van der Waals surface area contributed by atoms with Crippen LogP contribution in [0.5, 0.6) is 0 Å². The molecule has 2 heterocycles. The number of aromatic nitrogens is 3. The Labute approximate surface area is 154 Å². The highest BCUT2D eigenvalue weighted by molar-refractivity contribution is 7.09. The third-order valence-corrected chi connectivity index (χ3v) is 4.63. The van der Waals surface area contributed by atoms with Gasteiger partial charge in [-0.05, 0) is 26.0 Å². The van der Waals surface area contributed by atoms with Gasteiger partial charge in [0.25, 0.3) is 0 Å². The number of carbonyl (C=O) groups is 1. The fraction of sp³-hybridized carbons (Fsp3) is 0.176. The van der Waals surface area contributed by atoms with Crippen molar-refractivity contribution < 1.29 is 4.79 Å². The smallest absolute Gasteiger partial charge is 0.246 e. The summed E-state index contributed by atoms with van der Waals surface area (Å²) in [6.45, 7) is 3.74. The molecule has 1 amide bonds. The van der Waals surface area contributed by atoms with Crippen LogP contribution in [-0.2, 0) is 11.2 Å². The van der Waals surface area contributed by atoms with E-state index in [1.165, 1.54) is 17.6 Å². The van der Waals surface area contributed by atoms with Crippen molar-refractivity contribution in [3.05, 3.63) is 62.8 Å². The number of hydrazone groups is 1. The molecule has 0 unspecified atom stereocenters. The number of para-hydroxylation sites is 1. The van der Waals surface area contributed by atoms with Crippen LogP contribution in [0.1, 0.15) is 22.0 Å². The van der Waals surface area contributed by atoms with Crippen LogP contribution in [0.2, 0.25) is 5.15 Å². The van der Waals surface area contributed by atoms with Gasteiger partial charge in [-0.2, -0.15) is 10.2 Å². The SMILES string of the molecule is Cc1nc(CC(=O)N/N=C\c2c(C)nn(-c3ccccc3)c2Cl)cs1. The first kappa shape index (κ1) is 17.3. The molecule has 6 nitrogen and oxygen atoms in total. The quantitative estimate of drug-likeness (QED) is 0.551. The normalized spacial score (nSPS) is 11.2. The Morgan fingerprint density at radius 2 is 2.12 bits per heavy atom. The summed E-state index contributed by atoms with van der Waals surface area (Å²) in [5.74, 6) is -0.231. The molecule has 0 spiro atoms. The van der Waals surface area contributed by atoms with E-state index in [1.807, 2.05) is 49.6 Å². The molecule has 0 saturated carbocycles. The summed E-state index contributed by atoms with van der Waals surface area (Å²) in [7, 11) is 0. The monoisotopic (exact) mass is 373 g/mol. The van der Waals surface area contributed by atoms with Crippen LogP contribution in [0, 0.1) is 13.8 Å². The predicted molar refractivity (Wildman–Crippen MR) is 99.6 cm³/mol. The second-order valence-electron chi connectivity index (χ2n) is 5.37. The molecule has 0 aliphatic heterocycles. The molecule has 3 aromatic rings. The zero-order valence-electron chi connectivity index (χ0n) is 13.7. The summed E-state index contributed by atoms with van der Waals surface area (Å²) < 4.78 is 1.64. The first-order chi connectivity index (χ1) is 12.0. The highest BCUT2D eigenvalue weighted by atomic mass is 35.5. The molecule has 0 radical (unpaired) electrons. The van der Waals surface area contributed by atoms with Gasteiger partial charge in [0.1, 0.15) is 5.15 Å². The summed E-state index contributed by atoms with van der Waals surface area (Å²) >= 11 is 7.91.